The van der Waals surface area contributed by atoms with Crippen LogP contribution >= 0.6 is 0 Å². The first-order chi connectivity index (χ1) is 2.41. The summed E-state index contributed by atoms with van der Waals surface area (Å²) in [5.41, 5.74) is 12.2. The van der Waals surface area contributed by atoms with Crippen LogP contribution in [-0.2, 0) is 0 Å². The van der Waals surface area contributed by atoms with E-state index in [-0.39, 0.29) is 0 Å². The van der Waals surface area contributed by atoms with E-state index in [4.69, 9.17) is 11.1 Å². The van der Waals surface area contributed by atoms with Crippen molar-refractivity contribution in [3.8, 4) is 0 Å². The fourth-order valence-electron chi connectivity index (χ4n) is 0.0250. The molecule has 0 aromatic heterocycles. The van der Waals surface area contributed by atoms with Crippen molar-refractivity contribution in [3.63, 3.8) is 0 Å². The molecule has 0 spiro atoms. The van der Waals surface area contributed by atoms with Gasteiger partial charge in [-0.25, -0.2) is 0 Å². The van der Waals surface area contributed by atoms with Crippen LogP contribution in [0.15, 0.2) is 6.67 Å². The minimum atomic E-state index is -1.20. The van der Waals surface area contributed by atoms with Crippen LogP contribution in [0.4, 0.5) is 0 Å². The molecule has 0 aromatic rings. The average molecular weight is 177 g/mol. The van der Waals surface area contributed by atoms with Crippen LogP contribution in [0.1, 0.15) is 0 Å². The molecule has 0 heterocycles. The summed E-state index contributed by atoms with van der Waals surface area (Å²) in [7, 11) is 0. The molecule has 0 aliphatic carbocycles. The van der Waals surface area contributed by atoms with Gasteiger partial charge in [-0.3, -0.25) is 0 Å². The summed E-state index contributed by atoms with van der Waals surface area (Å²) in [6.07, 6.45) is 0. The molecule has 0 amide bonds. The van der Waals surface area contributed by atoms with E-state index in [1.807, 2.05) is 0 Å². The van der Waals surface area contributed by atoms with Crippen LogP contribution in [0.25, 0.3) is 0 Å². The van der Waals surface area contributed by atoms with E-state index in [2.05, 4.69) is 6.67 Å². The standard InChI is InChI=1S/2HN2.Sn/c2*1-2;/h2*1H;/q2*-1;+2. The summed E-state index contributed by atoms with van der Waals surface area (Å²) in [6, 6.07) is 0. The molecule has 2 radical (unpaired) electrons. The molecule has 0 bridgehead atoms. The second-order valence-electron chi connectivity index (χ2n) is 0.324. The first kappa shape index (κ1) is 5.00. The van der Waals surface area contributed by atoms with Gasteiger partial charge in [-0.05, 0) is 0 Å². The number of rotatable bonds is 2. The Morgan fingerprint density at radius 1 is 1.20 bits per heavy atom. The van der Waals surface area contributed by atoms with Crippen molar-refractivity contribution in [3.05, 3.63) is 0 Å². The third kappa shape index (κ3) is 4.00. The molecule has 5 heavy (non-hydrogen) atoms. The van der Waals surface area contributed by atoms with Crippen molar-refractivity contribution in [1.82, 2.24) is 0 Å². The Morgan fingerprint density at radius 3 is 1.60 bits per heavy atom. The number of nitrogens with zero attached hydrogens (tertiary/aromatic N) is 2. The van der Waals surface area contributed by atoms with Crippen LogP contribution in [0.3, 0.4) is 0 Å². The van der Waals surface area contributed by atoms with E-state index in [0.717, 1.165) is 0 Å². The Balaban J connectivity index is 2.65. The van der Waals surface area contributed by atoms with E-state index in [1.165, 1.54) is 0 Å². The van der Waals surface area contributed by atoms with Crippen molar-refractivity contribution >= 4 is 21.7 Å². The summed E-state index contributed by atoms with van der Waals surface area (Å²) < 4.78 is 5.84. The number of nitrogens with one attached hydrogen (secondary N) is 2. The van der Waals surface area contributed by atoms with Crippen LogP contribution < -0.4 is 0 Å². The van der Waals surface area contributed by atoms with Gasteiger partial charge in [0, 0.05) is 0 Å². The van der Waals surface area contributed by atoms with Gasteiger partial charge in [0.1, 0.15) is 0 Å². The van der Waals surface area contributed by atoms with Gasteiger partial charge in [0.25, 0.3) is 0 Å². The van der Waals surface area contributed by atoms with Crippen molar-refractivity contribution in [2.24, 2.45) is 6.67 Å². The molecule has 0 aliphatic rings. The summed E-state index contributed by atoms with van der Waals surface area (Å²) >= 11 is -1.20. The van der Waals surface area contributed by atoms with E-state index < -0.39 is 21.7 Å². The first-order valence-corrected chi connectivity index (χ1v) is 3.45. The number of hydrogen-bond acceptors (Lipinski definition) is 4. The zero-order valence-corrected chi connectivity index (χ0v) is 5.25. The second-order valence-corrected chi connectivity index (χ2v) is 2.17. The molecule has 0 aromatic carbocycles. The monoisotopic (exact) mass is 178 g/mol. The van der Waals surface area contributed by atoms with Gasteiger partial charge >= 0.3 is 39.4 Å². The van der Waals surface area contributed by atoms with Crippen molar-refractivity contribution in [2.45, 2.75) is 0 Å². The Bertz CT molecular complexity index is 32.9. The molecule has 0 saturated carbocycles. The van der Waals surface area contributed by atoms with Gasteiger partial charge in [-0.2, -0.15) is 0 Å². The van der Waals surface area contributed by atoms with E-state index >= 15 is 0 Å². The second kappa shape index (κ2) is 4.00. The van der Waals surface area contributed by atoms with Gasteiger partial charge in [-0.15, -0.1) is 0 Å². The molecule has 2 N–H and O–H groups in total. The fraction of sp³-hybridized carbons (Fsp3) is 0. The zero-order valence-electron chi connectivity index (χ0n) is 2.39. The molecule has 5 heteroatoms. The Labute approximate surface area is 39.9 Å². The van der Waals surface area contributed by atoms with E-state index in [0.29, 0.717) is 0 Å². The van der Waals surface area contributed by atoms with Gasteiger partial charge in [0.05, 0.1) is 0 Å². The summed E-state index contributed by atoms with van der Waals surface area (Å²) in [5, 5.41) is 0. The van der Waals surface area contributed by atoms with Gasteiger partial charge in [0.15, 0.2) is 0 Å². The topological polar surface area (TPSA) is 72.4 Å². The molecule has 0 unspecified atom stereocenters. The maximum atomic E-state index is 6.09. The van der Waals surface area contributed by atoms with Crippen molar-refractivity contribution in [1.29, 1.82) is 11.1 Å². The number of hydrogen-bond donors (Lipinski definition) is 2. The minimum absolute atomic E-state index is 1.20. The predicted octanol–water partition coefficient (Wildman–Crippen LogP) is 0.583. The zero-order chi connectivity index (χ0) is 4.12. The van der Waals surface area contributed by atoms with Gasteiger partial charge in [-0.1, -0.05) is 0 Å². The predicted molar refractivity (Wildman–Crippen MR) is 16.0 cm³/mol. The van der Waals surface area contributed by atoms with Crippen LogP contribution in [-0.4, -0.2) is 21.7 Å². The van der Waals surface area contributed by atoms with E-state index in [1.54, 1.807) is 0 Å². The molecule has 26 valence electrons. The summed E-state index contributed by atoms with van der Waals surface area (Å²) in [4.78, 5) is 0. The Morgan fingerprint density at radius 2 is 1.60 bits per heavy atom. The van der Waals surface area contributed by atoms with Crippen LogP contribution in [0.2, 0.25) is 0 Å². The van der Waals surface area contributed by atoms with Gasteiger partial charge < -0.3 is 0 Å². The van der Waals surface area contributed by atoms with E-state index in [9.17, 15) is 0 Å². The van der Waals surface area contributed by atoms with Gasteiger partial charge in [0.2, 0.25) is 0 Å². The molecule has 0 aliphatic heterocycles. The third-order valence-electron chi connectivity index (χ3n) is 0.100. The molecule has 0 fully saturated rings. The third-order valence-corrected chi connectivity index (χ3v) is 0.671. The molecular weight excluding hydrogens is 175 g/mol. The summed E-state index contributed by atoms with van der Waals surface area (Å²) in [6.45, 7) is 0. The molecule has 0 atom stereocenters. The molecule has 4 nitrogen and oxygen atoms in total. The molecular formula is H2N4Sn. The maximum absolute atomic E-state index is 6.09. The normalized spacial score (nSPS) is 6.40. The van der Waals surface area contributed by atoms with Crippen molar-refractivity contribution < 1.29 is 0 Å². The average Bonchev–Trinajstić information content (AvgIpc) is 1.41. The SMILES string of the molecule is N=[N][Sn][N]=N. The molecule has 0 saturated heterocycles. The van der Waals surface area contributed by atoms with Crippen LogP contribution in [0, 0.1) is 11.1 Å². The first-order valence-electron chi connectivity index (χ1n) is 0.894. The molecule has 0 rings (SSSR count). The summed E-state index contributed by atoms with van der Waals surface area (Å²) in [5.74, 6) is 0. The van der Waals surface area contributed by atoms with Crippen molar-refractivity contribution in [2.75, 3.05) is 0 Å². The quantitative estimate of drug-likeness (QED) is 0.457. The van der Waals surface area contributed by atoms with Crippen LogP contribution in [0.5, 0.6) is 0 Å². The Hall–Kier alpha value is -0.00130. The Kier molecular flexibility index (Phi) is 4.00. The fourth-order valence-corrected chi connectivity index (χ4v) is 0.168.